The molecule has 1 amide bonds. The van der Waals surface area contributed by atoms with Crippen LogP contribution in [0.15, 0.2) is 59.2 Å². The molecule has 6 nitrogen and oxygen atoms in total. The van der Waals surface area contributed by atoms with E-state index < -0.39 is 0 Å². The fraction of sp³-hybridized carbons (Fsp3) is 0.300. The van der Waals surface area contributed by atoms with Gasteiger partial charge in [0.25, 0.3) is 5.91 Å². The third-order valence-corrected chi connectivity index (χ3v) is 4.78. The van der Waals surface area contributed by atoms with E-state index in [1.165, 1.54) is 5.56 Å². The lowest BCUT2D eigenvalue weighted by atomic mass is 10.2. The molecular formula is C20H22N4O2. The van der Waals surface area contributed by atoms with Crippen LogP contribution in [0.25, 0.3) is 11.5 Å². The molecule has 0 bridgehead atoms. The molecule has 0 atom stereocenters. The summed E-state index contributed by atoms with van der Waals surface area (Å²) in [5.41, 5.74) is 2.58. The van der Waals surface area contributed by atoms with E-state index in [2.05, 4.69) is 34.3 Å². The molecule has 1 saturated heterocycles. The molecule has 1 aromatic carbocycles. The van der Waals surface area contributed by atoms with E-state index >= 15 is 0 Å². The summed E-state index contributed by atoms with van der Waals surface area (Å²) in [4.78, 5) is 17.1. The lowest BCUT2D eigenvalue weighted by Crippen LogP contribution is -2.48. The Morgan fingerprint density at radius 3 is 2.54 bits per heavy atom. The number of aromatic nitrogens is 2. The minimum Gasteiger partial charge on any atom is -0.463 e. The van der Waals surface area contributed by atoms with Crippen LogP contribution < -0.4 is 0 Å². The van der Waals surface area contributed by atoms with Gasteiger partial charge in [0, 0.05) is 45.8 Å². The summed E-state index contributed by atoms with van der Waals surface area (Å²) in [6, 6.07) is 15.9. The molecule has 1 fully saturated rings. The Kier molecular flexibility index (Phi) is 4.58. The number of piperazine rings is 1. The summed E-state index contributed by atoms with van der Waals surface area (Å²) in [6.45, 7) is 4.11. The third kappa shape index (κ3) is 3.41. The van der Waals surface area contributed by atoms with Crippen molar-refractivity contribution in [2.75, 3.05) is 26.2 Å². The van der Waals surface area contributed by atoms with Crippen molar-refractivity contribution in [1.82, 2.24) is 19.6 Å². The fourth-order valence-electron chi connectivity index (χ4n) is 3.34. The van der Waals surface area contributed by atoms with Gasteiger partial charge in [0.05, 0.1) is 6.26 Å². The highest BCUT2D eigenvalue weighted by atomic mass is 16.3. The molecule has 2 aromatic heterocycles. The summed E-state index contributed by atoms with van der Waals surface area (Å²) < 4.78 is 7.11. The van der Waals surface area contributed by atoms with Gasteiger partial charge in [-0.3, -0.25) is 14.4 Å². The standard InChI is InChI=1S/C20H22N4O2/c1-22-18(19-8-5-13-26-19)14-17(21-22)20(25)24-11-9-23(10-12-24)15-16-6-3-2-4-7-16/h2-8,13-14H,9-12,15H2,1H3. The van der Waals surface area contributed by atoms with E-state index in [0.29, 0.717) is 11.5 Å². The molecular weight excluding hydrogens is 328 g/mol. The molecule has 0 unspecified atom stereocenters. The van der Waals surface area contributed by atoms with Crippen molar-refractivity contribution < 1.29 is 9.21 Å². The van der Waals surface area contributed by atoms with Crippen LogP contribution in [0.1, 0.15) is 16.1 Å². The maximum Gasteiger partial charge on any atom is 0.274 e. The predicted octanol–water partition coefficient (Wildman–Crippen LogP) is 2.64. The number of carbonyl (C=O) groups is 1. The SMILES string of the molecule is Cn1nc(C(=O)N2CCN(Cc3ccccc3)CC2)cc1-c1ccco1. The number of benzene rings is 1. The van der Waals surface area contributed by atoms with Gasteiger partial charge in [-0.2, -0.15) is 5.10 Å². The van der Waals surface area contributed by atoms with Crippen LogP contribution in [0.2, 0.25) is 0 Å². The molecule has 0 saturated carbocycles. The van der Waals surface area contributed by atoms with Crippen LogP contribution in [0.3, 0.4) is 0 Å². The van der Waals surface area contributed by atoms with Gasteiger partial charge < -0.3 is 9.32 Å². The van der Waals surface area contributed by atoms with Crippen LogP contribution in [-0.4, -0.2) is 51.7 Å². The second-order valence-corrected chi connectivity index (χ2v) is 6.57. The summed E-state index contributed by atoms with van der Waals surface area (Å²) >= 11 is 0. The van der Waals surface area contributed by atoms with Crippen molar-refractivity contribution in [2.45, 2.75) is 6.54 Å². The fourth-order valence-corrected chi connectivity index (χ4v) is 3.34. The van der Waals surface area contributed by atoms with Crippen LogP contribution in [0.4, 0.5) is 0 Å². The van der Waals surface area contributed by atoms with Gasteiger partial charge in [0.2, 0.25) is 0 Å². The van der Waals surface area contributed by atoms with E-state index in [1.807, 2.05) is 30.1 Å². The van der Waals surface area contributed by atoms with Gasteiger partial charge in [0.15, 0.2) is 11.5 Å². The first-order valence-electron chi connectivity index (χ1n) is 8.84. The molecule has 4 rings (SSSR count). The first-order valence-corrected chi connectivity index (χ1v) is 8.84. The maximum atomic E-state index is 12.8. The van der Waals surface area contributed by atoms with Crippen LogP contribution in [0.5, 0.6) is 0 Å². The van der Waals surface area contributed by atoms with Crippen molar-refractivity contribution >= 4 is 5.91 Å². The first kappa shape index (κ1) is 16.6. The number of rotatable bonds is 4. The van der Waals surface area contributed by atoms with Crippen molar-refractivity contribution in [3.63, 3.8) is 0 Å². The monoisotopic (exact) mass is 350 g/mol. The second kappa shape index (κ2) is 7.17. The highest BCUT2D eigenvalue weighted by Gasteiger charge is 2.25. The van der Waals surface area contributed by atoms with Crippen LogP contribution in [-0.2, 0) is 13.6 Å². The molecule has 1 aliphatic rings. The summed E-state index contributed by atoms with van der Waals surface area (Å²) in [5.74, 6) is 0.699. The zero-order valence-corrected chi connectivity index (χ0v) is 14.8. The van der Waals surface area contributed by atoms with E-state index in [-0.39, 0.29) is 5.91 Å². The molecule has 0 N–H and O–H groups in total. The molecule has 3 aromatic rings. The highest BCUT2D eigenvalue weighted by Crippen LogP contribution is 2.21. The number of nitrogens with zero attached hydrogens (tertiary/aromatic N) is 4. The Morgan fingerprint density at radius 2 is 1.85 bits per heavy atom. The number of furan rings is 1. The Bertz CT molecular complexity index is 863. The topological polar surface area (TPSA) is 54.5 Å². The van der Waals surface area contributed by atoms with E-state index in [4.69, 9.17) is 4.42 Å². The largest absolute Gasteiger partial charge is 0.463 e. The van der Waals surface area contributed by atoms with Crippen molar-refractivity contribution in [3.05, 3.63) is 66.1 Å². The summed E-state index contributed by atoms with van der Waals surface area (Å²) in [6.07, 6.45) is 1.62. The van der Waals surface area contributed by atoms with Gasteiger partial charge in [-0.25, -0.2) is 0 Å². The number of aryl methyl sites for hydroxylation is 1. The lowest BCUT2D eigenvalue weighted by Gasteiger charge is -2.34. The smallest absolute Gasteiger partial charge is 0.274 e. The average molecular weight is 350 g/mol. The molecule has 134 valence electrons. The molecule has 26 heavy (non-hydrogen) atoms. The van der Waals surface area contributed by atoms with Gasteiger partial charge in [-0.1, -0.05) is 30.3 Å². The Balaban J connectivity index is 1.39. The molecule has 0 spiro atoms. The van der Waals surface area contributed by atoms with Crippen molar-refractivity contribution in [3.8, 4) is 11.5 Å². The summed E-state index contributed by atoms with van der Waals surface area (Å²) in [5, 5.41) is 4.38. The Morgan fingerprint density at radius 1 is 1.08 bits per heavy atom. The van der Waals surface area contributed by atoms with Gasteiger partial charge in [-0.05, 0) is 17.7 Å². The number of hydrogen-bond donors (Lipinski definition) is 0. The van der Waals surface area contributed by atoms with Crippen molar-refractivity contribution in [2.24, 2.45) is 7.05 Å². The molecule has 6 heteroatoms. The Hall–Kier alpha value is -2.86. The first-order chi connectivity index (χ1) is 12.7. The zero-order valence-electron chi connectivity index (χ0n) is 14.8. The molecule has 0 aliphatic carbocycles. The molecule has 1 aliphatic heterocycles. The lowest BCUT2D eigenvalue weighted by molar-refractivity contribution is 0.0622. The minimum atomic E-state index is -0.0160. The highest BCUT2D eigenvalue weighted by molar-refractivity contribution is 5.93. The van der Waals surface area contributed by atoms with Gasteiger partial charge in [0.1, 0.15) is 5.69 Å². The van der Waals surface area contributed by atoms with E-state index in [0.717, 1.165) is 38.4 Å². The van der Waals surface area contributed by atoms with Crippen LogP contribution in [0, 0.1) is 0 Å². The second-order valence-electron chi connectivity index (χ2n) is 6.57. The Labute approximate surface area is 152 Å². The zero-order chi connectivity index (χ0) is 17.9. The quantitative estimate of drug-likeness (QED) is 0.726. The average Bonchev–Trinajstić information content (AvgIpc) is 3.32. The molecule has 0 radical (unpaired) electrons. The number of carbonyl (C=O) groups excluding carboxylic acids is 1. The maximum absolute atomic E-state index is 12.8. The van der Waals surface area contributed by atoms with Crippen molar-refractivity contribution in [1.29, 1.82) is 0 Å². The summed E-state index contributed by atoms with van der Waals surface area (Å²) in [7, 11) is 1.83. The van der Waals surface area contributed by atoms with E-state index in [1.54, 1.807) is 17.0 Å². The predicted molar refractivity (Wildman–Crippen MR) is 98.5 cm³/mol. The third-order valence-electron chi connectivity index (χ3n) is 4.78. The minimum absolute atomic E-state index is 0.0160. The number of hydrogen-bond acceptors (Lipinski definition) is 4. The van der Waals surface area contributed by atoms with Gasteiger partial charge in [-0.15, -0.1) is 0 Å². The number of amides is 1. The van der Waals surface area contributed by atoms with Crippen LogP contribution >= 0.6 is 0 Å². The van der Waals surface area contributed by atoms with E-state index in [9.17, 15) is 4.79 Å². The molecule has 3 heterocycles. The van der Waals surface area contributed by atoms with Gasteiger partial charge >= 0.3 is 0 Å². The normalized spacial score (nSPS) is 15.3.